The van der Waals surface area contributed by atoms with Crippen molar-refractivity contribution in [2.75, 3.05) is 5.75 Å². The van der Waals surface area contributed by atoms with Gasteiger partial charge in [0.1, 0.15) is 11.4 Å². The molecule has 1 unspecified atom stereocenters. The third-order valence-corrected chi connectivity index (χ3v) is 8.05. The van der Waals surface area contributed by atoms with Gasteiger partial charge in [-0.3, -0.25) is 4.21 Å². The summed E-state index contributed by atoms with van der Waals surface area (Å²) in [4.78, 5) is 5.93. The zero-order chi connectivity index (χ0) is 21.2. The van der Waals surface area contributed by atoms with Gasteiger partial charge >= 0.3 is 0 Å². The zero-order valence-corrected chi connectivity index (χ0v) is 19.3. The molecule has 0 aliphatic rings. The van der Waals surface area contributed by atoms with Crippen LogP contribution in [0, 0.1) is 27.7 Å². The van der Waals surface area contributed by atoms with E-state index in [1.165, 1.54) is 36.3 Å². The molecule has 0 aliphatic heterocycles. The van der Waals surface area contributed by atoms with E-state index in [0.717, 1.165) is 16.8 Å². The van der Waals surface area contributed by atoms with Gasteiger partial charge in [0.15, 0.2) is 10.7 Å². The van der Waals surface area contributed by atoms with Gasteiger partial charge in [-0.15, -0.1) is 0 Å². The van der Waals surface area contributed by atoms with Crippen molar-refractivity contribution in [3.8, 4) is 11.4 Å². The van der Waals surface area contributed by atoms with E-state index >= 15 is 0 Å². The topological polar surface area (TPSA) is 64.6 Å². The van der Waals surface area contributed by atoms with Crippen LogP contribution in [0.5, 0.6) is 0 Å². The van der Waals surface area contributed by atoms with E-state index in [9.17, 15) is 8.60 Å². The van der Waals surface area contributed by atoms with Crippen LogP contribution >= 0.6 is 11.3 Å². The third-order valence-electron chi connectivity index (χ3n) is 5.47. The number of alkyl halides is 1. The summed E-state index contributed by atoms with van der Waals surface area (Å²) in [5.74, 6) is 0.487. The largest absolute Gasteiger partial charge is 0.254 e. The Bertz CT molecular complexity index is 1260. The number of pyridine rings is 1. The highest BCUT2D eigenvalue weighted by molar-refractivity contribution is 7.85. The second kappa shape index (κ2) is 6.70. The zero-order valence-electron chi connectivity index (χ0n) is 17.6. The Hall–Kier alpha value is -2.13. The molecule has 0 saturated carbocycles. The smallest absolute Gasteiger partial charge is 0.212 e. The maximum atomic E-state index is 14.2. The Balaban J connectivity index is 2.02. The van der Waals surface area contributed by atoms with E-state index in [2.05, 4.69) is 23.9 Å². The highest BCUT2D eigenvalue weighted by Crippen LogP contribution is 2.35. The van der Waals surface area contributed by atoms with Gasteiger partial charge in [0.2, 0.25) is 4.96 Å². The second-order valence-electron chi connectivity index (χ2n) is 7.77. The summed E-state index contributed by atoms with van der Waals surface area (Å²) in [5.41, 5.74) is 5.00. The Morgan fingerprint density at radius 3 is 2.41 bits per heavy atom. The van der Waals surface area contributed by atoms with Gasteiger partial charge < -0.3 is 0 Å². The minimum atomic E-state index is -1.52. The van der Waals surface area contributed by atoms with Crippen LogP contribution in [0.15, 0.2) is 11.1 Å². The lowest BCUT2D eigenvalue weighted by Gasteiger charge is -2.12. The third kappa shape index (κ3) is 3.02. The lowest BCUT2D eigenvalue weighted by molar-refractivity contribution is 0.219. The number of aromatic nitrogens is 5. The summed E-state index contributed by atoms with van der Waals surface area (Å²) < 4.78 is 30.7. The van der Waals surface area contributed by atoms with Crippen molar-refractivity contribution in [2.45, 2.75) is 59.0 Å². The lowest BCUT2D eigenvalue weighted by Crippen LogP contribution is -2.08. The standard InChI is InChI=1S/C20H24FN5OS2/c1-8-29(27)17-15(23-26-13(5)11(3)10(2)12(4)16(17)26)14-9-25-19(22-14)28-18(24-25)20(6,7)21/h9H,8H2,1-7H3. The van der Waals surface area contributed by atoms with Crippen LogP contribution < -0.4 is 0 Å². The Kier molecular flexibility index (Phi) is 4.66. The summed E-state index contributed by atoms with van der Waals surface area (Å²) in [6.45, 7) is 13.1. The van der Waals surface area contributed by atoms with Crippen LogP contribution in [0.1, 0.15) is 48.2 Å². The number of hydrogen-bond donors (Lipinski definition) is 0. The molecule has 29 heavy (non-hydrogen) atoms. The van der Waals surface area contributed by atoms with Crippen molar-refractivity contribution in [1.82, 2.24) is 24.2 Å². The molecular formula is C20H24FN5OS2. The van der Waals surface area contributed by atoms with Crippen molar-refractivity contribution in [1.29, 1.82) is 0 Å². The molecule has 4 heterocycles. The van der Waals surface area contributed by atoms with Crippen molar-refractivity contribution < 1.29 is 8.60 Å². The molecule has 0 saturated heterocycles. The molecule has 0 fully saturated rings. The molecule has 4 rings (SSSR count). The van der Waals surface area contributed by atoms with Gasteiger partial charge in [-0.1, -0.05) is 18.3 Å². The van der Waals surface area contributed by atoms with Crippen LogP contribution in [-0.2, 0) is 16.5 Å². The van der Waals surface area contributed by atoms with E-state index in [1.54, 1.807) is 10.7 Å². The SMILES string of the molecule is CCS(=O)c1c(-c2cn3nc(C(C)(C)F)sc3n2)nn2c(C)c(C)c(C)c(C)c12. The number of aryl methyl sites for hydroxylation is 2. The number of rotatable bonds is 4. The van der Waals surface area contributed by atoms with Gasteiger partial charge in [0.25, 0.3) is 0 Å². The minimum absolute atomic E-state index is 0.372. The molecule has 4 aromatic rings. The molecule has 6 nitrogen and oxygen atoms in total. The molecule has 1 atom stereocenters. The van der Waals surface area contributed by atoms with Gasteiger partial charge in [-0.05, 0) is 58.2 Å². The van der Waals surface area contributed by atoms with E-state index in [-0.39, 0.29) is 0 Å². The predicted octanol–water partition coefficient (Wildman–Crippen LogP) is 4.67. The minimum Gasteiger partial charge on any atom is -0.254 e. The summed E-state index contributed by atoms with van der Waals surface area (Å²) in [7, 11) is -1.22. The van der Waals surface area contributed by atoms with Gasteiger partial charge in [0, 0.05) is 11.4 Å². The molecule has 0 radical (unpaired) electrons. The maximum Gasteiger partial charge on any atom is 0.212 e. The van der Waals surface area contributed by atoms with Crippen LogP contribution in [0.2, 0.25) is 0 Å². The van der Waals surface area contributed by atoms with Crippen molar-refractivity contribution in [2.24, 2.45) is 0 Å². The summed E-state index contributed by atoms with van der Waals surface area (Å²) in [5, 5.41) is 9.51. The molecular weight excluding hydrogens is 409 g/mol. The first kappa shape index (κ1) is 20.2. The number of nitrogens with zero attached hydrogens (tertiary/aromatic N) is 5. The molecule has 9 heteroatoms. The fourth-order valence-corrected chi connectivity index (χ4v) is 5.43. The number of halogens is 1. The average Bonchev–Trinajstić information content (AvgIpc) is 3.33. The van der Waals surface area contributed by atoms with Gasteiger partial charge in [-0.25, -0.2) is 18.4 Å². The van der Waals surface area contributed by atoms with Crippen LogP contribution in [0.4, 0.5) is 4.39 Å². The fraction of sp³-hybridized carbons (Fsp3) is 0.450. The lowest BCUT2D eigenvalue weighted by atomic mass is 10.0. The Morgan fingerprint density at radius 1 is 1.14 bits per heavy atom. The van der Waals surface area contributed by atoms with E-state index in [4.69, 9.17) is 5.10 Å². The normalized spacial score (nSPS) is 13.7. The Labute approximate surface area is 175 Å². The Morgan fingerprint density at radius 2 is 1.83 bits per heavy atom. The maximum absolute atomic E-state index is 14.2. The number of hydrogen-bond acceptors (Lipinski definition) is 5. The highest BCUT2D eigenvalue weighted by Gasteiger charge is 2.28. The first-order valence-electron chi connectivity index (χ1n) is 9.48. The first-order chi connectivity index (χ1) is 13.5. The molecule has 0 aliphatic carbocycles. The van der Waals surface area contributed by atoms with E-state index in [1.807, 2.05) is 25.3 Å². The quantitative estimate of drug-likeness (QED) is 0.469. The van der Waals surface area contributed by atoms with Crippen molar-refractivity contribution in [3.63, 3.8) is 0 Å². The fourth-order valence-electron chi connectivity index (χ4n) is 3.45. The predicted molar refractivity (Wildman–Crippen MR) is 115 cm³/mol. The van der Waals surface area contributed by atoms with Crippen LogP contribution in [0.3, 0.4) is 0 Å². The van der Waals surface area contributed by atoms with Crippen LogP contribution in [0.25, 0.3) is 21.9 Å². The summed E-state index contributed by atoms with van der Waals surface area (Å²) >= 11 is 1.21. The average molecular weight is 434 g/mol. The first-order valence-corrected chi connectivity index (χ1v) is 11.6. The summed E-state index contributed by atoms with van der Waals surface area (Å²) in [6.07, 6.45) is 1.74. The van der Waals surface area contributed by atoms with Gasteiger partial charge in [0.05, 0.1) is 27.4 Å². The molecule has 4 aromatic heterocycles. The molecule has 0 aromatic carbocycles. The number of fused-ring (bicyclic) bond motifs is 2. The summed E-state index contributed by atoms with van der Waals surface area (Å²) in [6, 6.07) is 0. The number of imidazole rings is 1. The molecule has 154 valence electrons. The monoisotopic (exact) mass is 433 g/mol. The molecule has 0 N–H and O–H groups in total. The molecule has 0 spiro atoms. The highest BCUT2D eigenvalue weighted by atomic mass is 32.2. The second-order valence-corrected chi connectivity index (χ2v) is 10.4. The molecule has 0 amide bonds. The van der Waals surface area contributed by atoms with Gasteiger partial charge in [-0.2, -0.15) is 10.2 Å². The molecule has 0 bridgehead atoms. The van der Waals surface area contributed by atoms with Crippen molar-refractivity contribution >= 4 is 32.6 Å². The van der Waals surface area contributed by atoms with Crippen molar-refractivity contribution in [3.05, 3.63) is 33.6 Å². The van der Waals surface area contributed by atoms with E-state index < -0.39 is 16.5 Å². The van der Waals surface area contributed by atoms with Crippen LogP contribution in [-0.4, -0.2) is 34.2 Å². The van der Waals surface area contributed by atoms with E-state index in [0.29, 0.717) is 32.0 Å².